The minimum absolute atomic E-state index is 0.243. The van der Waals surface area contributed by atoms with Gasteiger partial charge in [-0.3, -0.25) is 4.98 Å². The molecule has 0 amide bonds. The van der Waals surface area contributed by atoms with Crippen LogP contribution in [0.2, 0.25) is 0 Å². The first kappa shape index (κ1) is 5.28. The third kappa shape index (κ3) is 0.859. The largest absolute Gasteiger partial charge is 0.262 e. The van der Waals surface area contributed by atoms with Gasteiger partial charge in [-0.25, -0.2) is 4.39 Å². The van der Waals surface area contributed by atoms with Crippen LogP contribution >= 0.6 is 0 Å². The van der Waals surface area contributed by atoms with Crippen LogP contribution in [0.1, 0.15) is 0 Å². The first-order valence-corrected chi connectivity index (χ1v) is 2.37. The second-order valence-electron chi connectivity index (χ2n) is 1.62. The molecule has 0 radical (unpaired) electrons. The summed E-state index contributed by atoms with van der Waals surface area (Å²) in [5, 5.41) is 0. The molecule has 0 aliphatic rings. The highest BCUT2D eigenvalue weighted by Gasteiger charge is 1.89. The Morgan fingerprint density at radius 2 is 2.38 bits per heavy atom. The van der Waals surface area contributed by atoms with E-state index in [1.165, 1.54) is 6.20 Å². The van der Waals surface area contributed by atoms with Crippen LogP contribution in [0.15, 0.2) is 18.5 Å². The summed E-state index contributed by atoms with van der Waals surface area (Å²) in [6.07, 6.45) is 2.77. The molecule has 0 unspecified atom stereocenters. The van der Waals surface area contributed by atoms with Crippen molar-refractivity contribution < 1.29 is 4.39 Å². The molecule has 0 bridgehead atoms. The molecule has 3 heteroatoms. The molecule has 1 aromatic rings. The maximum absolute atomic E-state index is 12.3. The number of rotatable bonds is 0. The molecule has 0 saturated carbocycles. The topological polar surface area (TPSA) is 12.9 Å². The Morgan fingerprint density at radius 1 is 1.62 bits per heavy atom. The van der Waals surface area contributed by atoms with Crippen molar-refractivity contribution in [2.24, 2.45) is 0 Å². The van der Waals surface area contributed by atoms with Gasteiger partial charge in [-0.2, -0.15) is 0 Å². The first-order valence-electron chi connectivity index (χ1n) is 2.37. The molecule has 0 fully saturated rings. The molecule has 0 saturated heterocycles. The zero-order valence-corrected chi connectivity index (χ0v) is 4.56. The van der Waals surface area contributed by atoms with Gasteiger partial charge in [-0.05, 0) is 6.07 Å². The van der Waals surface area contributed by atoms with Gasteiger partial charge in [0.1, 0.15) is 13.7 Å². The Bertz CT molecular complexity index is 169. The van der Waals surface area contributed by atoms with E-state index < -0.39 is 0 Å². The molecule has 0 aliphatic carbocycles. The van der Waals surface area contributed by atoms with Crippen LogP contribution in [0.3, 0.4) is 0 Å². The molecule has 1 rings (SSSR count). The van der Waals surface area contributed by atoms with Crippen molar-refractivity contribution in [3.8, 4) is 0 Å². The van der Waals surface area contributed by atoms with Crippen LogP contribution in [0.5, 0.6) is 0 Å². The highest BCUT2D eigenvalue weighted by molar-refractivity contribution is 6.32. The number of hydrogen-bond acceptors (Lipinski definition) is 1. The van der Waals surface area contributed by atoms with E-state index in [1.807, 2.05) is 0 Å². The van der Waals surface area contributed by atoms with Crippen molar-refractivity contribution in [1.82, 2.24) is 4.98 Å². The first-order chi connectivity index (χ1) is 3.80. The Morgan fingerprint density at radius 3 is 2.75 bits per heavy atom. The Balaban J connectivity index is 3.13. The number of aromatic nitrogens is 1. The van der Waals surface area contributed by atoms with Crippen LogP contribution in [-0.4, -0.2) is 12.8 Å². The summed E-state index contributed by atoms with van der Waals surface area (Å²) in [5.74, 6) is -0.243. The van der Waals surface area contributed by atoms with Gasteiger partial charge in [0.2, 0.25) is 0 Å². The van der Waals surface area contributed by atoms with Crippen molar-refractivity contribution in [3.05, 3.63) is 24.3 Å². The lowest BCUT2D eigenvalue weighted by Crippen LogP contribution is -2.06. The Kier molecular flexibility index (Phi) is 1.28. The van der Waals surface area contributed by atoms with Gasteiger partial charge in [0.05, 0.1) is 6.20 Å². The number of nitrogens with zero attached hydrogens (tertiary/aromatic N) is 1. The van der Waals surface area contributed by atoms with Gasteiger partial charge in [0, 0.05) is 6.20 Å². The average molecular weight is 109 g/mol. The predicted molar refractivity (Wildman–Crippen MR) is 32.4 cm³/mol. The van der Waals surface area contributed by atoms with Gasteiger partial charge >= 0.3 is 0 Å². The minimum Gasteiger partial charge on any atom is -0.262 e. The van der Waals surface area contributed by atoms with Gasteiger partial charge in [-0.1, -0.05) is 5.46 Å². The standard InChI is InChI=1S/C5H5BFN/c6-4-1-2-8-3-5(4)7/h1-3H,6H2. The fraction of sp³-hybridized carbons (Fsp3) is 0. The summed E-state index contributed by atoms with van der Waals surface area (Å²) in [6.45, 7) is 0. The number of hydrogen-bond donors (Lipinski definition) is 0. The van der Waals surface area contributed by atoms with E-state index in [1.54, 1.807) is 20.1 Å². The van der Waals surface area contributed by atoms with Crippen LogP contribution in [0, 0.1) is 5.82 Å². The van der Waals surface area contributed by atoms with E-state index in [0.717, 1.165) is 0 Å². The number of pyridine rings is 1. The van der Waals surface area contributed by atoms with Crippen LogP contribution < -0.4 is 5.46 Å². The van der Waals surface area contributed by atoms with E-state index in [2.05, 4.69) is 4.98 Å². The molecule has 1 aromatic heterocycles. The fourth-order valence-corrected chi connectivity index (χ4v) is 0.445. The highest BCUT2D eigenvalue weighted by Crippen LogP contribution is 1.84. The molecule has 0 aromatic carbocycles. The summed E-state index contributed by atoms with van der Waals surface area (Å²) in [6, 6.07) is 1.63. The lowest BCUT2D eigenvalue weighted by atomic mass is 9.98. The average Bonchev–Trinajstić information content (AvgIpc) is 1.77. The third-order valence-corrected chi connectivity index (χ3v) is 0.975. The second-order valence-corrected chi connectivity index (χ2v) is 1.62. The summed E-state index contributed by atoms with van der Waals surface area (Å²) in [4.78, 5) is 3.57. The van der Waals surface area contributed by atoms with Crippen molar-refractivity contribution in [3.63, 3.8) is 0 Å². The van der Waals surface area contributed by atoms with Gasteiger partial charge in [0.25, 0.3) is 0 Å². The van der Waals surface area contributed by atoms with Crippen molar-refractivity contribution >= 4 is 13.3 Å². The van der Waals surface area contributed by atoms with Crippen molar-refractivity contribution in [2.75, 3.05) is 0 Å². The molecule has 8 heavy (non-hydrogen) atoms. The molecular formula is C5H5BFN. The fourth-order valence-electron chi connectivity index (χ4n) is 0.445. The lowest BCUT2D eigenvalue weighted by Gasteiger charge is -1.88. The molecule has 40 valence electrons. The summed E-state index contributed by atoms with van der Waals surface area (Å²) in [5.41, 5.74) is 0.639. The SMILES string of the molecule is Bc1ccncc1F. The quantitative estimate of drug-likeness (QED) is 0.408. The molecule has 0 atom stereocenters. The van der Waals surface area contributed by atoms with E-state index in [9.17, 15) is 4.39 Å². The van der Waals surface area contributed by atoms with Crippen LogP contribution in [0.4, 0.5) is 4.39 Å². The van der Waals surface area contributed by atoms with Gasteiger partial charge in [0.15, 0.2) is 0 Å². The van der Waals surface area contributed by atoms with Crippen molar-refractivity contribution in [1.29, 1.82) is 0 Å². The van der Waals surface area contributed by atoms with Crippen molar-refractivity contribution in [2.45, 2.75) is 0 Å². The molecule has 1 heterocycles. The summed E-state index contributed by atoms with van der Waals surface area (Å²) in [7, 11) is 1.71. The van der Waals surface area contributed by atoms with E-state index in [4.69, 9.17) is 0 Å². The van der Waals surface area contributed by atoms with E-state index in [-0.39, 0.29) is 5.82 Å². The van der Waals surface area contributed by atoms with E-state index >= 15 is 0 Å². The van der Waals surface area contributed by atoms with Crippen LogP contribution in [-0.2, 0) is 0 Å². The normalized spacial score (nSPS) is 9.12. The summed E-state index contributed by atoms with van der Waals surface area (Å²) >= 11 is 0. The molecule has 1 nitrogen and oxygen atoms in total. The molecule has 0 aliphatic heterocycles. The molecule has 0 N–H and O–H groups in total. The van der Waals surface area contributed by atoms with Gasteiger partial charge < -0.3 is 0 Å². The monoisotopic (exact) mass is 109 g/mol. The Hall–Kier alpha value is -0.855. The number of halogens is 1. The van der Waals surface area contributed by atoms with Crippen LogP contribution in [0.25, 0.3) is 0 Å². The maximum Gasteiger partial charge on any atom is 0.143 e. The predicted octanol–water partition coefficient (Wildman–Crippen LogP) is -0.521. The minimum atomic E-state index is -0.243. The van der Waals surface area contributed by atoms with E-state index in [0.29, 0.717) is 5.46 Å². The smallest absolute Gasteiger partial charge is 0.143 e. The second kappa shape index (κ2) is 1.94. The maximum atomic E-state index is 12.3. The lowest BCUT2D eigenvalue weighted by molar-refractivity contribution is 0.630. The zero-order chi connectivity index (χ0) is 5.98. The summed E-state index contributed by atoms with van der Waals surface area (Å²) < 4.78 is 12.3. The third-order valence-electron chi connectivity index (χ3n) is 0.975. The van der Waals surface area contributed by atoms with Gasteiger partial charge in [-0.15, -0.1) is 0 Å². The molecule has 0 spiro atoms. The molecular weight excluding hydrogens is 104 g/mol. The zero-order valence-electron chi connectivity index (χ0n) is 4.56. The highest BCUT2D eigenvalue weighted by atomic mass is 19.1. The Labute approximate surface area is 48.0 Å².